The fraction of sp³-hybridized carbons (Fsp3) is 0.739. The van der Waals surface area contributed by atoms with Gasteiger partial charge in [0.1, 0.15) is 18.5 Å². The lowest BCUT2D eigenvalue weighted by Gasteiger charge is -2.28. The van der Waals surface area contributed by atoms with Crippen LogP contribution in [0, 0.1) is 5.92 Å². The van der Waals surface area contributed by atoms with Crippen LogP contribution >= 0.6 is 0 Å². The summed E-state index contributed by atoms with van der Waals surface area (Å²) in [5, 5.41) is 10.2. The van der Waals surface area contributed by atoms with Gasteiger partial charge >= 0.3 is 0 Å². The molecule has 0 aromatic heterocycles. The Morgan fingerprint density at radius 3 is 2.57 bits per heavy atom. The number of β-amino-alcohol motifs (C(OH)–C–C–N with tert-alkyl or cyclic N) is 1. The quantitative estimate of drug-likeness (QED) is 0.665. The third-order valence-corrected chi connectivity index (χ3v) is 6.00. The summed E-state index contributed by atoms with van der Waals surface area (Å²) in [5.74, 6) is 1.66. The minimum absolute atomic E-state index is 0.362. The summed E-state index contributed by atoms with van der Waals surface area (Å²) in [6, 6.07) is 8.32. The van der Waals surface area contributed by atoms with Gasteiger partial charge in [-0.1, -0.05) is 18.6 Å². The van der Waals surface area contributed by atoms with Crippen molar-refractivity contribution in [2.45, 2.75) is 51.2 Å². The zero-order valence-electron chi connectivity index (χ0n) is 17.5. The monoisotopic (exact) mass is 390 g/mol. The largest absolute Gasteiger partial charge is 0.491 e. The summed E-state index contributed by atoms with van der Waals surface area (Å²) < 4.78 is 11.2. The second kappa shape index (κ2) is 11.8. The molecule has 28 heavy (non-hydrogen) atoms. The van der Waals surface area contributed by atoms with Gasteiger partial charge in [-0.15, -0.1) is 0 Å². The van der Waals surface area contributed by atoms with E-state index in [-0.39, 0.29) is 0 Å². The Morgan fingerprint density at radius 1 is 1.14 bits per heavy atom. The first-order valence-electron chi connectivity index (χ1n) is 11.1. The van der Waals surface area contributed by atoms with Gasteiger partial charge in [-0.05, 0) is 82.4 Å². The van der Waals surface area contributed by atoms with Crippen LogP contribution in [0.25, 0.3) is 0 Å². The Bertz CT molecular complexity index is 539. The molecule has 0 aliphatic carbocycles. The van der Waals surface area contributed by atoms with Crippen molar-refractivity contribution in [2.75, 3.05) is 53.0 Å². The summed E-state index contributed by atoms with van der Waals surface area (Å²) in [6.07, 6.45) is 7.08. The first kappa shape index (κ1) is 21.6. The van der Waals surface area contributed by atoms with Crippen molar-refractivity contribution in [1.29, 1.82) is 0 Å². The predicted molar refractivity (Wildman–Crippen MR) is 113 cm³/mol. The molecule has 2 aliphatic rings. The van der Waals surface area contributed by atoms with Gasteiger partial charge in [0.05, 0.1) is 0 Å². The molecule has 2 aliphatic heterocycles. The Kier molecular flexibility index (Phi) is 9.06. The van der Waals surface area contributed by atoms with E-state index in [2.05, 4.69) is 29.0 Å². The van der Waals surface area contributed by atoms with E-state index >= 15 is 0 Å². The molecule has 0 spiro atoms. The Hall–Kier alpha value is -1.14. The second-order valence-corrected chi connectivity index (χ2v) is 8.55. The summed E-state index contributed by atoms with van der Waals surface area (Å²) in [6.45, 7) is 7.25. The Labute approximate surface area is 170 Å². The summed E-state index contributed by atoms with van der Waals surface area (Å²) >= 11 is 0. The molecular weight excluding hydrogens is 352 g/mol. The van der Waals surface area contributed by atoms with Crippen LogP contribution in [0.2, 0.25) is 0 Å². The average molecular weight is 391 g/mol. The third-order valence-electron chi connectivity index (χ3n) is 6.00. The first-order valence-corrected chi connectivity index (χ1v) is 11.1. The van der Waals surface area contributed by atoms with Crippen LogP contribution in [0.5, 0.6) is 5.75 Å². The maximum Gasteiger partial charge on any atom is 0.119 e. The maximum absolute atomic E-state index is 10.2. The lowest BCUT2D eigenvalue weighted by Crippen LogP contribution is -2.38. The van der Waals surface area contributed by atoms with Crippen molar-refractivity contribution < 1.29 is 14.6 Å². The molecule has 2 saturated heterocycles. The van der Waals surface area contributed by atoms with Gasteiger partial charge in [0.25, 0.3) is 0 Å². The predicted octanol–water partition coefficient (Wildman–Crippen LogP) is 3.16. The van der Waals surface area contributed by atoms with Crippen LogP contribution in [-0.2, 0) is 11.3 Å². The molecule has 1 aromatic carbocycles. The lowest BCUT2D eigenvalue weighted by atomic mass is 9.96. The molecule has 3 rings (SSSR count). The number of benzene rings is 1. The van der Waals surface area contributed by atoms with Crippen molar-refractivity contribution >= 4 is 0 Å². The number of aliphatic hydroxyl groups excluding tert-OH is 1. The average Bonchev–Trinajstić information content (AvgIpc) is 2.73. The number of nitrogens with zero attached hydrogens (tertiary/aromatic N) is 2. The van der Waals surface area contributed by atoms with E-state index in [0.717, 1.165) is 57.6 Å². The molecule has 1 N–H and O–H groups in total. The van der Waals surface area contributed by atoms with Gasteiger partial charge in [-0.3, -0.25) is 0 Å². The Morgan fingerprint density at radius 2 is 1.86 bits per heavy atom. The van der Waals surface area contributed by atoms with E-state index in [1.807, 2.05) is 12.1 Å². The summed E-state index contributed by atoms with van der Waals surface area (Å²) in [7, 11) is 2.20. The fourth-order valence-electron chi connectivity index (χ4n) is 4.20. The summed E-state index contributed by atoms with van der Waals surface area (Å²) in [4.78, 5) is 4.74. The number of hydrogen-bond acceptors (Lipinski definition) is 5. The van der Waals surface area contributed by atoms with Crippen molar-refractivity contribution in [3.8, 4) is 5.75 Å². The molecule has 0 amide bonds. The second-order valence-electron chi connectivity index (χ2n) is 8.55. The number of ether oxygens (including phenoxy) is 2. The first-order chi connectivity index (χ1) is 13.7. The van der Waals surface area contributed by atoms with Crippen LogP contribution in [-0.4, -0.2) is 74.1 Å². The molecule has 1 atom stereocenters. The minimum Gasteiger partial charge on any atom is -0.491 e. The van der Waals surface area contributed by atoms with Gasteiger partial charge in [-0.25, -0.2) is 0 Å². The minimum atomic E-state index is -0.422. The van der Waals surface area contributed by atoms with E-state index < -0.39 is 6.10 Å². The SMILES string of the molecule is CN(CCC1CCOCC1)Cc1ccc(OC[C@H](O)CN2CCCCC2)cc1. The molecule has 158 valence electrons. The van der Waals surface area contributed by atoms with Gasteiger partial charge in [-0.2, -0.15) is 0 Å². The highest BCUT2D eigenvalue weighted by atomic mass is 16.5. The van der Waals surface area contributed by atoms with Crippen LogP contribution in [0.1, 0.15) is 44.1 Å². The van der Waals surface area contributed by atoms with Gasteiger partial charge < -0.3 is 24.4 Å². The van der Waals surface area contributed by atoms with Crippen molar-refractivity contribution in [3.63, 3.8) is 0 Å². The smallest absolute Gasteiger partial charge is 0.119 e. The van der Waals surface area contributed by atoms with E-state index in [4.69, 9.17) is 9.47 Å². The molecule has 0 radical (unpaired) electrons. The number of aliphatic hydroxyl groups is 1. The fourth-order valence-corrected chi connectivity index (χ4v) is 4.20. The number of hydrogen-bond donors (Lipinski definition) is 1. The number of rotatable bonds is 10. The maximum atomic E-state index is 10.2. The van der Waals surface area contributed by atoms with Gasteiger partial charge in [0.15, 0.2) is 0 Å². The topological polar surface area (TPSA) is 45.2 Å². The Balaban J connectivity index is 1.33. The zero-order chi connectivity index (χ0) is 19.6. The lowest BCUT2D eigenvalue weighted by molar-refractivity contribution is 0.0607. The van der Waals surface area contributed by atoms with E-state index in [1.165, 1.54) is 44.1 Å². The molecule has 0 bridgehead atoms. The van der Waals surface area contributed by atoms with Crippen LogP contribution in [0.15, 0.2) is 24.3 Å². The van der Waals surface area contributed by atoms with Gasteiger partial charge in [0.2, 0.25) is 0 Å². The molecule has 5 nitrogen and oxygen atoms in total. The van der Waals surface area contributed by atoms with Crippen molar-refractivity contribution in [1.82, 2.24) is 9.80 Å². The third kappa shape index (κ3) is 7.70. The van der Waals surface area contributed by atoms with Crippen molar-refractivity contribution in [2.24, 2.45) is 5.92 Å². The highest BCUT2D eigenvalue weighted by Crippen LogP contribution is 2.19. The van der Waals surface area contributed by atoms with E-state index in [0.29, 0.717) is 6.61 Å². The molecule has 1 aromatic rings. The molecule has 2 heterocycles. The summed E-state index contributed by atoms with van der Waals surface area (Å²) in [5.41, 5.74) is 1.30. The van der Waals surface area contributed by atoms with Crippen LogP contribution < -0.4 is 4.74 Å². The highest BCUT2D eigenvalue weighted by Gasteiger charge is 2.16. The normalized spacial score (nSPS) is 20.4. The number of likely N-dealkylation sites (tertiary alicyclic amines) is 1. The van der Waals surface area contributed by atoms with Crippen molar-refractivity contribution in [3.05, 3.63) is 29.8 Å². The molecule has 5 heteroatoms. The molecular formula is C23H38N2O3. The van der Waals surface area contributed by atoms with E-state index in [1.54, 1.807) is 0 Å². The molecule has 2 fully saturated rings. The zero-order valence-corrected chi connectivity index (χ0v) is 17.5. The van der Waals surface area contributed by atoms with Crippen LogP contribution in [0.4, 0.5) is 0 Å². The molecule has 0 saturated carbocycles. The number of piperidine rings is 1. The van der Waals surface area contributed by atoms with Gasteiger partial charge in [0, 0.05) is 26.3 Å². The molecule has 0 unspecified atom stereocenters. The highest BCUT2D eigenvalue weighted by molar-refractivity contribution is 5.27. The standard InChI is InChI=1S/C23H38N2O3/c1-24(14-9-20-10-15-27-16-11-20)17-21-5-7-23(8-6-21)28-19-22(26)18-25-12-3-2-4-13-25/h5-8,20,22,26H,2-4,9-19H2,1H3/t22-/m1/s1. The van der Waals surface area contributed by atoms with E-state index in [9.17, 15) is 5.11 Å². The van der Waals surface area contributed by atoms with Crippen LogP contribution in [0.3, 0.4) is 0 Å².